The number of fused-ring (bicyclic) bond motifs is 1. The second-order valence-electron chi connectivity index (χ2n) is 8.59. The number of nitrogens with zero attached hydrogens (tertiary/aromatic N) is 2. The van der Waals surface area contributed by atoms with Gasteiger partial charge in [-0.15, -0.1) is 11.8 Å². The molecular weight excluding hydrogens is 446 g/mol. The van der Waals surface area contributed by atoms with Crippen LogP contribution in [0, 0.1) is 0 Å². The highest BCUT2D eigenvalue weighted by Crippen LogP contribution is 2.31. The highest BCUT2D eigenvalue weighted by molar-refractivity contribution is 8.00. The van der Waals surface area contributed by atoms with Crippen molar-refractivity contribution in [2.45, 2.75) is 50.1 Å². The molecule has 7 heteroatoms. The lowest BCUT2D eigenvalue weighted by molar-refractivity contribution is -0.132. The van der Waals surface area contributed by atoms with E-state index in [1.807, 2.05) is 24.3 Å². The Bertz CT molecular complexity index is 1140. The Morgan fingerprint density at radius 2 is 1.91 bits per heavy atom. The quantitative estimate of drug-likeness (QED) is 0.441. The van der Waals surface area contributed by atoms with Gasteiger partial charge in [-0.25, -0.2) is 0 Å². The topological polar surface area (TPSA) is 63.6 Å². The van der Waals surface area contributed by atoms with Crippen LogP contribution in [0.4, 0.5) is 0 Å². The SMILES string of the molecule is CCC1CCCCN1C(=O)CSc1cn(CCNC(=O)c2ccccc2OC)c2ccccc12. The van der Waals surface area contributed by atoms with Crippen molar-refractivity contribution in [1.82, 2.24) is 14.8 Å². The van der Waals surface area contributed by atoms with Crippen LogP contribution >= 0.6 is 11.8 Å². The zero-order chi connectivity index (χ0) is 23.9. The number of likely N-dealkylation sites (tertiary alicyclic amines) is 1. The van der Waals surface area contributed by atoms with Gasteiger partial charge in [0.25, 0.3) is 5.91 Å². The molecule has 1 aliphatic rings. The third kappa shape index (κ3) is 5.41. The van der Waals surface area contributed by atoms with Crippen molar-refractivity contribution < 1.29 is 14.3 Å². The zero-order valence-corrected chi connectivity index (χ0v) is 20.8. The van der Waals surface area contributed by atoms with E-state index >= 15 is 0 Å². The lowest BCUT2D eigenvalue weighted by atomic mass is 10.0. The Balaban J connectivity index is 1.40. The molecule has 2 aromatic carbocycles. The highest BCUT2D eigenvalue weighted by Gasteiger charge is 2.25. The summed E-state index contributed by atoms with van der Waals surface area (Å²) in [7, 11) is 1.57. The molecule has 2 heterocycles. The molecule has 1 atom stereocenters. The van der Waals surface area contributed by atoms with Crippen LogP contribution in [-0.4, -0.2) is 53.3 Å². The summed E-state index contributed by atoms with van der Waals surface area (Å²) >= 11 is 1.61. The fourth-order valence-corrected chi connectivity index (χ4v) is 5.68. The van der Waals surface area contributed by atoms with Gasteiger partial charge in [-0.1, -0.05) is 37.3 Å². The van der Waals surface area contributed by atoms with E-state index in [9.17, 15) is 9.59 Å². The van der Waals surface area contributed by atoms with Gasteiger partial charge in [0.15, 0.2) is 0 Å². The number of ether oxygens (including phenoxy) is 1. The average Bonchev–Trinajstić information content (AvgIpc) is 3.24. The van der Waals surface area contributed by atoms with Crippen LogP contribution in [0.1, 0.15) is 43.0 Å². The predicted molar refractivity (Wildman–Crippen MR) is 138 cm³/mol. The van der Waals surface area contributed by atoms with E-state index in [4.69, 9.17) is 4.74 Å². The molecule has 0 saturated carbocycles. The highest BCUT2D eigenvalue weighted by atomic mass is 32.2. The van der Waals surface area contributed by atoms with Crippen LogP contribution in [0.3, 0.4) is 0 Å². The molecule has 3 aromatic rings. The van der Waals surface area contributed by atoms with E-state index in [2.05, 4.69) is 40.0 Å². The van der Waals surface area contributed by atoms with Gasteiger partial charge < -0.3 is 19.5 Å². The minimum absolute atomic E-state index is 0.152. The molecule has 6 nitrogen and oxygen atoms in total. The normalized spacial score (nSPS) is 15.9. The van der Waals surface area contributed by atoms with Crippen LogP contribution in [-0.2, 0) is 11.3 Å². The van der Waals surface area contributed by atoms with Gasteiger partial charge in [0.2, 0.25) is 5.91 Å². The molecule has 4 rings (SSSR count). The third-order valence-electron chi connectivity index (χ3n) is 6.51. The molecule has 1 N–H and O–H groups in total. The molecule has 0 radical (unpaired) electrons. The molecule has 1 saturated heterocycles. The van der Waals surface area contributed by atoms with E-state index in [1.54, 1.807) is 31.0 Å². The minimum atomic E-state index is -0.152. The Hall–Kier alpha value is -2.93. The first kappa shape index (κ1) is 24.2. The summed E-state index contributed by atoms with van der Waals surface area (Å²) in [6.07, 6.45) is 6.57. The van der Waals surface area contributed by atoms with Gasteiger partial charge in [-0.2, -0.15) is 0 Å². The Morgan fingerprint density at radius 3 is 2.74 bits per heavy atom. The number of amides is 2. The monoisotopic (exact) mass is 479 g/mol. The van der Waals surface area contributed by atoms with E-state index < -0.39 is 0 Å². The summed E-state index contributed by atoms with van der Waals surface area (Å²) in [5, 5.41) is 4.13. The van der Waals surface area contributed by atoms with E-state index in [0.717, 1.165) is 41.6 Å². The first-order chi connectivity index (χ1) is 16.6. The number of para-hydroxylation sites is 2. The van der Waals surface area contributed by atoms with Gasteiger partial charge in [-0.3, -0.25) is 9.59 Å². The molecule has 2 amide bonds. The van der Waals surface area contributed by atoms with Crippen LogP contribution in [0.2, 0.25) is 0 Å². The molecule has 0 aliphatic carbocycles. The van der Waals surface area contributed by atoms with Gasteiger partial charge in [0.1, 0.15) is 5.75 Å². The van der Waals surface area contributed by atoms with Crippen molar-refractivity contribution in [1.29, 1.82) is 0 Å². The summed E-state index contributed by atoms with van der Waals surface area (Å²) in [6, 6.07) is 15.8. The average molecular weight is 480 g/mol. The fraction of sp³-hybridized carbons (Fsp3) is 0.407. The molecule has 0 bridgehead atoms. The zero-order valence-electron chi connectivity index (χ0n) is 20.0. The second-order valence-corrected chi connectivity index (χ2v) is 9.61. The number of benzene rings is 2. The van der Waals surface area contributed by atoms with Gasteiger partial charge in [0.05, 0.1) is 18.4 Å². The van der Waals surface area contributed by atoms with Gasteiger partial charge in [0, 0.05) is 47.7 Å². The van der Waals surface area contributed by atoms with Crippen molar-refractivity contribution in [3.8, 4) is 5.75 Å². The second kappa shape index (κ2) is 11.5. The number of carbonyl (C=O) groups excluding carboxylic acids is 2. The standard InChI is InChI=1S/C27H33N3O3S/c1-3-20-10-8-9-16-30(20)26(31)19-34-25-18-29(23-13-6-4-11-21(23)25)17-15-28-27(32)22-12-5-7-14-24(22)33-2/h4-7,11-14,18,20H,3,8-10,15-17,19H2,1-2H3,(H,28,32). The number of aromatic nitrogens is 1. The van der Waals surface area contributed by atoms with E-state index in [-0.39, 0.29) is 11.8 Å². The number of carbonyl (C=O) groups is 2. The molecule has 34 heavy (non-hydrogen) atoms. The summed E-state index contributed by atoms with van der Waals surface area (Å²) in [4.78, 5) is 28.8. The number of methoxy groups -OCH3 is 1. The maximum absolute atomic E-state index is 13.0. The van der Waals surface area contributed by atoms with Gasteiger partial charge in [-0.05, 0) is 43.9 Å². The minimum Gasteiger partial charge on any atom is -0.496 e. The first-order valence-electron chi connectivity index (χ1n) is 12.0. The number of thioether (sulfide) groups is 1. The van der Waals surface area contributed by atoms with Crippen molar-refractivity contribution in [2.24, 2.45) is 0 Å². The Morgan fingerprint density at radius 1 is 1.12 bits per heavy atom. The predicted octanol–water partition coefficient (Wildman–Crippen LogP) is 4.96. The van der Waals surface area contributed by atoms with Crippen LogP contribution in [0.5, 0.6) is 5.75 Å². The summed E-state index contributed by atoms with van der Waals surface area (Å²) in [6.45, 7) is 4.18. The Kier molecular flexibility index (Phi) is 8.16. The number of hydrogen-bond donors (Lipinski definition) is 1. The molecule has 1 aromatic heterocycles. The van der Waals surface area contributed by atoms with E-state index in [0.29, 0.717) is 36.2 Å². The maximum atomic E-state index is 13.0. The molecular formula is C27H33N3O3S. The molecule has 0 spiro atoms. The van der Waals surface area contributed by atoms with Crippen molar-refractivity contribution in [3.63, 3.8) is 0 Å². The van der Waals surface area contributed by atoms with Crippen LogP contribution < -0.4 is 10.1 Å². The Labute approximate surface area is 205 Å². The largest absolute Gasteiger partial charge is 0.496 e. The molecule has 1 unspecified atom stereocenters. The third-order valence-corrected chi connectivity index (χ3v) is 7.54. The van der Waals surface area contributed by atoms with Crippen LogP contribution in [0.25, 0.3) is 10.9 Å². The molecule has 180 valence electrons. The maximum Gasteiger partial charge on any atom is 0.255 e. The summed E-state index contributed by atoms with van der Waals surface area (Å²) < 4.78 is 7.45. The van der Waals surface area contributed by atoms with Gasteiger partial charge >= 0.3 is 0 Å². The van der Waals surface area contributed by atoms with Crippen molar-refractivity contribution >= 4 is 34.5 Å². The molecule has 1 fully saturated rings. The number of hydrogen-bond acceptors (Lipinski definition) is 4. The number of nitrogens with one attached hydrogen (secondary N) is 1. The lowest BCUT2D eigenvalue weighted by Gasteiger charge is -2.35. The lowest BCUT2D eigenvalue weighted by Crippen LogP contribution is -2.44. The molecule has 1 aliphatic heterocycles. The summed E-state index contributed by atoms with van der Waals surface area (Å²) in [5.74, 6) is 1.10. The smallest absolute Gasteiger partial charge is 0.255 e. The number of piperidine rings is 1. The van der Waals surface area contributed by atoms with Crippen molar-refractivity contribution in [3.05, 3.63) is 60.3 Å². The van der Waals surface area contributed by atoms with E-state index in [1.165, 1.54) is 6.42 Å². The summed E-state index contributed by atoms with van der Waals surface area (Å²) in [5.41, 5.74) is 1.63. The number of rotatable bonds is 9. The van der Waals surface area contributed by atoms with Crippen LogP contribution in [0.15, 0.2) is 59.6 Å². The first-order valence-corrected chi connectivity index (χ1v) is 13.0. The van der Waals surface area contributed by atoms with Crippen molar-refractivity contribution in [2.75, 3.05) is 26.0 Å². The fourth-order valence-electron chi connectivity index (χ4n) is 4.71.